The second-order valence-corrected chi connectivity index (χ2v) is 4.60. The monoisotopic (exact) mass is 221 g/mol. The molecule has 0 aliphatic carbocycles. The molecule has 0 fully saturated rings. The van der Waals surface area contributed by atoms with Crippen LogP contribution in [0.4, 0.5) is 0 Å². The van der Waals surface area contributed by atoms with E-state index < -0.39 is 0 Å². The van der Waals surface area contributed by atoms with Crippen molar-refractivity contribution in [2.45, 2.75) is 53.0 Å². The van der Waals surface area contributed by atoms with Gasteiger partial charge < -0.3 is 5.73 Å². The molecule has 16 heavy (non-hydrogen) atoms. The second kappa shape index (κ2) is 5.94. The summed E-state index contributed by atoms with van der Waals surface area (Å²) in [5.74, 6) is 0.660. The summed E-state index contributed by atoms with van der Waals surface area (Å²) in [5.41, 5.74) is 9.42. The number of hydrogen-bond donors (Lipinski definition) is 1. The zero-order chi connectivity index (χ0) is 12.1. The lowest BCUT2D eigenvalue weighted by Gasteiger charge is -2.18. The summed E-state index contributed by atoms with van der Waals surface area (Å²) in [4.78, 5) is 0. The Morgan fingerprint density at radius 2 is 2.00 bits per heavy atom. The highest BCUT2D eigenvalue weighted by atomic mass is 15.1. The molecule has 0 aliphatic rings. The lowest BCUT2D eigenvalue weighted by molar-refractivity contribution is 0.458. The molecule has 0 amide bonds. The van der Waals surface area contributed by atoms with Gasteiger partial charge in [0.15, 0.2) is 0 Å². The smallest absolute Gasteiger partial charge is 0.0676 e. The predicted octanol–water partition coefficient (Wildman–Crippen LogP) is 2.78. The molecule has 0 bridgehead atoms. The van der Waals surface area contributed by atoms with Gasteiger partial charge in [-0.3, -0.25) is 0 Å². The van der Waals surface area contributed by atoms with E-state index >= 15 is 0 Å². The maximum absolute atomic E-state index is 6.25. The fourth-order valence-electron chi connectivity index (χ4n) is 1.86. The molecule has 2 N–H and O–H groups in total. The molecule has 0 radical (unpaired) electrons. The number of rotatable bonds is 5. The van der Waals surface area contributed by atoms with Gasteiger partial charge in [0.1, 0.15) is 0 Å². The normalized spacial score (nSPS) is 14.8. The number of nitrogens with two attached hydrogens (primary N) is 1. The van der Waals surface area contributed by atoms with Crippen LogP contribution in [0.3, 0.4) is 0 Å². The van der Waals surface area contributed by atoms with Crippen molar-refractivity contribution in [3.63, 3.8) is 0 Å². The lowest BCUT2D eigenvalue weighted by atomic mass is 9.93. The molecular formula is C13H23N3. The molecule has 90 valence electrons. The van der Waals surface area contributed by atoms with Gasteiger partial charge in [-0.1, -0.05) is 27.2 Å². The van der Waals surface area contributed by atoms with E-state index in [2.05, 4.69) is 37.0 Å². The zero-order valence-electron chi connectivity index (χ0n) is 10.8. The van der Waals surface area contributed by atoms with Gasteiger partial charge in [-0.2, -0.15) is 10.2 Å². The Bertz CT molecular complexity index is 336. The van der Waals surface area contributed by atoms with Gasteiger partial charge in [0.2, 0.25) is 0 Å². The first kappa shape index (κ1) is 13.1. The summed E-state index contributed by atoms with van der Waals surface area (Å²) in [6.45, 7) is 8.51. The summed E-state index contributed by atoms with van der Waals surface area (Å²) < 4.78 is 0. The molecule has 0 aliphatic heterocycles. The maximum atomic E-state index is 6.25. The highest BCUT2D eigenvalue weighted by Crippen LogP contribution is 2.23. The van der Waals surface area contributed by atoms with Crippen LogP contribution in [0.1, 0.15) is 56.6 Å². The number of hydrogen-bond acceptors (Lipinski definition) is 3. The van der Waals surface area contributed by atoms with E-state index in [1.165, 1.54) is 12.0 Å². The van der Waals surface area contributed by atoms with Crippen LogP contribution in [0.15, 0.2) is 6.07 Å². The fraction of sp³-hybridized carbons (Fsp3) is 0.692. The van der Waals surface area contributed by atoms with Gasteiger partial charge in [-0.25, -0.2) is 0 Å². The van der Waals surface area contributed by atoms with Crippen LogP contribution in [-0.4, -0.2) is 10.2 Å². The Morgan fingerprint density at radius 1 is 1.31 bits per heavy atom. The molecule has 1 heterocycles. The van der Waals surface area contributed by atoms with Crippen LogP contribution in [0.5, 0.6) is 0 Å². The first-order valence-corrected chi connectivity index (χ1v) is 6.17. The van der Waals surface area contributed by atoms with Crippen molar-refractivity contribution in [2.24, 2.45) is 11.7 Å². The average molecular weight is 221 g/mol. The maximum Gasteiger partial charge on any atom is 0.0676 e. The standard InChI is InChI=1S/C13H23N3/c1-5-9(3)7-12(14)11-8-10(4)15-16-13(11)6-2/h8-9,12H,5-7,14H2,1-4H3. The van der Waals surface area contributed by atoms with E-state index in [4.69, 9.17) is 5.73 Å². The molecule has 2 unspecified atom stereocenters. The van der Waals surface area contributed by atoms with Gasteiger partial charge in [0, 0.05) is 6.04 Å². The van der Waals surface area contributed by atoms with E-state index in [1.807, 2.05) is 6.92 Å². The van der Waals surface area contributed by atoms with Crippen molar-refractivity contribution in [3.8, 4) is 0 Å². The third-order valence-electron chi connectivity index (χ3n) is 3.11. The van der Waals surface area contributed by atoms with Crippen molar-refractivity contribution < 1.29 is 0 Å². The third kappa shape index (κ3) is 3.27. The number of nitrogens with zero attached hydrogens (tertiary/aromatic N) is 2. The van der Waals surface area contributed by atoms with Gasteiger partial charge >= 0.3 is 0 Å². The largest absolute Gasteiger partial charge is 0.324 e. The fourth-order valence-corrected chi connectivity index (χ4v) is 1.86. The van der Waals surface area contributed by atoms with Crippen molar-refractivity contribution >= 4 is 0 Å². The van der Waals surface area contributed by atoms with Crippen LogP contribution < -0.4 is 5.73 Å². The van der Waals surface area contributed by atoms with Gasteiger partial charge in [0.05, 0.1) is 11.4 Å². The molecule has 1 aromatic rings. The Morgan fingerprint density at radius 3 is 2.56 bits per heavy atom. The van der Waals surface area contributed by atoms with Crippen molar-refractivity contribution in [1.29, 1.82) is 0 Å². The number of aromatic nitrogens is 2. The van der Waals surface area contributed by atoms with Crippen molar-refractivity contribution in [1.82, 2.24) is 10.2 Å². The van der Waals surface area contributed by atoms with Gasteiger partial charge in [0.25, 0.3) is 0 Å². The van der Waals surface area contributed by atoms with E-state index in [1.54, 1.807) is 0 Å². The molecule has 0 saturated carbocycles. The Balaban J connectivity index is 2.88. The molecule has 3 nitrogen and oxygen atoms in total. The molecule has 0 spiro atoms. The van der Waals surface area contributed by atoms with E-state index in [0.717, 1.165) is 24.2 Å². The van der Waals surface area contributed by atoms with Gasteiger partial charge in [-0.15, -0.1) is 0 Å². The second-order valence-electron chi connectivity index (χ2n) is 4.60. The van der Waals surface area contributed by atoms with Crippen LogP contribution in [-0.2, 0) is 6.42 Å². The van der Waals surface area contributed by atoms with Crippen LogP contribution in [0, 0.1) is 12.8 Å². The summed E-state index contributed by atoms with van der Waals surface area (Å²) >= 11 is 0. The lowest BCUT2D eigenvalue weighted by Crippen LogP contribution is -2.17. The minimum Gasteiger partial charge on any atom is -0.324 e. The minimum absolute atomic E-state index is 0.0964. The predicted molar refractivity (Wildman–Crippen MR) is 67.1 cm³/mol. The summed E-state index contributed by atoms with van der Waals surface area (Å²) in [6, 6.07) is 2.18. The Hall–Kier alpha value is -0.960. The topological polar surface area (TPSA) is 51.8 Å². The van der Waals surface area contributed by atoms with Crippen LogP contribution in [0.2, 0.25) is 0 Å². The van der Waals surface area contributed by atoms with Crippen LogP contribution >= 0.6 is 0 Å². The summed E-state index contributed by atoms with van der Waals surface area (Å²) in [7, 11) is 0. The van der Waals surface area contributed by atoms with Gasteiger partial charge in [-0.05, 0) is 37.3 Å². The molecule has 2 atom stereocenters. The zero-order valence-corrected chi connectivity index (χ0v) is 10.8. The quantitative estimate of drug-likeness (QED) is 0.831. The Labute approximate surface area is 98.5 Å². The first-order valence-electron chi connectivity index (χ1n) is 6.17. The molecule has 1 aromatic heterocycles. The van der Waals surface area contributed by atoms with Crippen molar-refractivity contribution in [2.75, 3.05) is 0 Å². The van der Waals surface area contributed by atoms with Crippen molar-refractivity contribution in [3.05, 3.63) is 23.0 Å². The molecular weight excluding hydrogens is 198 g/mol. The van der Waals surface area contributed by atoms with E-state index in [9.17, 15) is 0 Å². The summed E-state index contributed by atoms with van der Waals surface area (Å²) in [5, 5.41) is 8.31. The van der Waals surface area contributed by atoms with E-state index in [0.29, 0.717) is 5.92 Å². The first-order chi connectivity index (χ1) is 7.58. The molecule has 3 heteroatoms. The molecule has 0 aromatic carbocycles. The SMILES string of the molecule is CCc1nnc(C)cc1C(N)CC(C)CC. The third-order valence-corrected chi connectivity index (χ3v) is 3.11. The highest BCUT2D eigenvalue weighted by Gasteiger charge is 2.14. The Kier molecular flexibility index (Phi) is 4.87. The highest BCUT2D eigenvalue weighted by molar-refractivity contribution is 5.24. The van der Waals surface area contributed by atoms with E-state index in [-0.39, 0.29) is 6.04 Å². The van der Waals surface area contributed by atoms with Crippen LogP contribution in [0.25, 0.3) is 0 Å². The molecule has 1 rings (SSSR count). The number of aryl methyl sites for hydroxylation is 2. The molecule has 0 saturated heterocycles. The summed E-state index contributed by atoms with van der Waals surface area (Å²) in [6.07, 6.45) is 3.10. The minimum atomic E-state index is 0.0964. The average Bonchev–Trinajstić information content (AvgIpc) is 2.28.